The van der Waals surface area contributed by atoms with Gasteiger partial charge in [0.25, 0.3) is 0 Å². The van der Waals surface area contributed by atoms with E-state index in [0.29, 0.717) is 12.1 Å². The summed E-state index contributed by atoms with van der Waals surface area (Å²) in [5.74, 6) is 0.151. The number of anilines is 1. The van der Waals surface area contributed by atoms with Gasteiger partial charge < -0.3 is 15.1 Å². The fraction of sp³-hybridized carbons (Fsp3) is 0.467. The van der Waals surface area contributed by atoms with Crippen molar-refractivity contribution in [1.82, 2.24) is 10.2 Å². The fourth-order valence-corrected chi connectivity index (χ4v) is 2.46. The van der Waals surface area contributed by atoms with Crippen LogP contribution in [0.25, 0.3) is 0 Å². The summed E-state index contributed by atoms with van der Waals surface area (Å²) in [4.78, 5) is 16.1. The SMILES string of the molecule is Cc1cc(C#N)ccc1N(C)CC(=O)N1CCNCC1. The maximum atomic E-state index is 12.2. The van der Waals surface area contributed by atoms with Crippen molar-refractivity contribution in [3.05, 3.63) is 29.3 Å². The standard InChI is InChI=1S/C15H20N4O/c1-12-9-13(10-16)3-4-14(12)18(2)11-15(20)19-7-5-17-6-8-19/h3-4,9,17H,5-8,11H2,1-2H3. The van der Waals surface area contributed by atoms with Crippen molar-refractivity contribution in [2.24, 2.45) is 0 Å². The third kappa shape index (κ3) is 3.28. The molecule has 1 saturated heterocycles. The molecule has 2 rings (SSSR count). The Balaban J connectivity index is 2.02. The van der Waals surface area contributed by atoms with Gasteiger partial charge in [-0.3, -0.25) is 4.79 Å². The third-order valence-corrected chi connectivity index (χ3v) is 3.58. The molecule has 0 atom stereocenters. The Morgan fingerprint density at radius 2 is 2.15 bits per heavy atom. The molecule has 0 aromatic heterocycles. The van der Waals surface area contributed by atoms with E-state index < -0.39 is 0 Å². The van der Waals surface area contributed by atoms with E-state index in [-0.39, 0.29) is 5.91 Å². The van der Waals surface area contributed by atoms with Gasteiger partial charge in [0.05, 0.1) is 18.2 Å². The maximum Gasteiger partial charge on any atom is 0.242 e. The maximum absolute atomic E-state index is 12.2. The number of hydrogen-bond donors (Lipinski definition) is 1. The molecule has 0 saturated carbocycles. The van der Waals surface area contributed by atoms with Gasteiger partial charge in [-0.1, -0.05) is 0 Å². The smallest absolute Gasteiger partial charge is 0.242 e. The lowest BCUT2D eigenvalue weighted by Crippen LogP contribution is -2.49. The second-order valence-corrected chi connectivity index (χ2v) is 5.10. The van der Waals surface area contributed by atoms with Crippen LogP contribution in [0.4, 0.5) is 5.69 Å². The Bertz CT molecular complexity index is 529. The van der Waals surface area contributed by atoms with Gasteiger partial charge in [-0.15, -0.1) is 0 Å². The molecule has 1 fully saturated rings. The second kappa shape index (κ2) is 6.40. The predicted octanol–water partition coefficient (Wildman–Crippen LogP) is 0.735. The van der Waals surface area contributed by atoms with E-state index in [1.54, 1.807) is 6.07 Å². The number of nitriles is 1. The van der Waals surface area contributed by atoms with Gasteiger partial charge in [0, 0.05) is 38.9 Å². The molecular weight excluding hydrogens is 252 g/mol. The number of carbonyl (C=O) groups is 1. The van der Waals surface area contributed by atoms with E-state index in [1.165, 1.54) is 0 Å². The van der Waals surface area contributed by atoms with Crippen LogP contribution in [-0.2, 0) is 4.79 Å². The van der Waals surface area contributed by atoms with Gasteiger partial charge in [0.1, 0.15) is 0 Å². The van der Waals surface area contributed by atoms with E-state index in [0.717, 1.165) is 37.4 Å². The summed E-state index contributed by atoms with van der Waals surface area (Å²) in [6.07, 6.45) is 0. The van der Waals surface area contributed by atoms with Crippen LogP contribution in [-0.4, -0.2) is 50.6 Å². The molecule has 1 amide bonds. The van der Waals surface area contributed by atoms with Crippen LogP contribution in [0.2, 0.25) is 0 Å². The molecule has 0 unspecified atom stereocenters. The molecule has 1 heterocycles. The number of amides is 1. The molecule has 20 heavy (non-hydrogen) atoms. The monoisotopic (exact) mass is 272 g/mol. The minimum atomic E-state index is 0.151. The molecule has 1 aliphatic rings. The highest BCUT2D eigenvalue weighted by Gasteiger charge is 2.18. The summed E-state index contributed by atoms with van der Waals surface area (Å²) in [5.41, 5.74) is 2.65. The van der Waals surface area contributed by atoms with Gasteiger partial charge in [0.2, 0.25) is 5.91 Å². The molecule has 0 bridgehead atoms. The topological polar surface area (TPSA) is 59.4 Å². The van der Waals surface area contributed by atoms with Gasteiger partial charge in [-0.25, -0.2) is 0 Å². The first-order valence-electron chi connectivity index (χ1n) is 6.82. The van der Waals surface area contributed by atoms with E-state index in [1.807, 2.05) is 35.9 Å². The number of aryl methyl sites for hydroxylation is 1. The first-order chi connectivity index (χ1) is 9.61. The zero-order chi connectivity index (χ0) is 14.5. The summed E-state index contributed by atoms with van der Waals surface area (Å²) in [6.45, 7) is 5.61. The van der Waals surface area contributed by atoms with Crippen molar-refractivity contribution < 1.29 is 4.79 Å². The van der Waals surface area contributed by atoms with Crippen molar-refractivity contribution in [3.63, 3.8) is 0 Å². The van der Waals surface area contributed by atoms with Crippen LogP contribution >= 0.6 is 0 Å². The van der Waals surface area contributed by atoms with Crippen LogP contribution < -0.4 is 10.2 Å². The Morgan fingerprint density at radius 3 is 2.75 bits per heavy atom. The molecule has 1 aromatic carbocycles. The van der Waals surface area contributed by atoms with E-state index in [9.17, 15) is 4.79 Å². The van der Waals surface area contributed by atoms with E-state index >= 15 is 0 Å². The first kappa shape index (κ1) is 14.4. The summed E-state index contributed by atoms with van der Waals surface area (Å²) in [5, 5.41) is 12.1. The van der Waals surface area contributed by atoms with E-state index in [4.69, 9.17) is 5.26 Å². The number of piperazine rings is 1. The molecule has 0 aliphatic carbocycles. The number of likely N-dealkylation sites (N-methyl/N-ethyl adjacent to an activating group) is 1. The van der Waals surface area contributed by atoms with Crippen molar-refractivity contribution >= 4 is 11.6 Å². The predicted molar refractivity (Wildman–Crippen MR) is 78.6 cm³/mol. The zero-order valence-corrected chi connectivity index (χ0v) is 12.0. The Kier molecular flexibility index (Phi) is 4.59. The van der Waals surface area contributed by atoms with Crippen molar-refractivity contribution in [2.75, 3.05) is 44.7 Å². The van der Waals surface area contributed by atoms with E-state index in [2.05, 4.69) is 11.4 Å². The molecule has 0 spiro atoms. The van der Waals surface area contributed by atoms with Crippen molar-refractivity contribution in [3.8, 4) is 6.07 Å². The minimum Gasteiger partial charge on any atom is -0.365 e. The molecule has 1 aromatic rings. The number of nitrogens with one attached hydrogen (secondary N) is 1. The van der Waals surface area contributed by atoms with Gasteiger partial charge in [0.15, 0.2) is 0 Å². The minimum absolute atomic E-state index is 0.151. The number of nitrogens with zero attached hydrogens (tertiary/aromatic N) is 3. The highest BCUT2D eigenvalue weighted by Crippen LogP contribution is 2.19. The summed E-state index contributed by atoms with van der Waals surface area (Å²) < 4.78 is 0. The highest BCUT2D eigenvalue weighted by atomic mass is 16.2. The van der Waals surface area contributed by atoms with Crippen molar-refractivity contribution in [1.29, 1.82) is 5.26 Å². The summed E-state index contributed by atoms with van der Waals surface area (Å²) in [6, 6.07) is 7.66. The van der Waals surface area contributed by atoms with Gasteiger partial charge >= 0.3 is 0 Å². The number of rotatable bonds is 3. The molecule has 5 heteroatoms. The lowest BCUT2D eigenvalue weighted by molar-refractivity contribution is -0.130. The largest absolute Gasteiger partial charge is 0.365 e. The first-order valence-corrected chi connectivity index (χ1v) is 6.82. The van der Waals surface area contributed by atoms with Crippen LogP contribution in [0, 0.1) is 18.3 Å². The van der Waals surface area contributed by atoms with Crippen LogP contribution in [0.3, 0.4) is 0 Å². The molecule has 0 radical (unpaired) electrons. The Hall–Kier alpha value is -2.06. The number of carbonyl (C=O) groups excluding carboxylic acids is 1. The van der Waals surface area contributed by atoms with Crippen LogP contribution in [0.15, 0.2) is 18.2 Å². The normalized spacial score (nSPS) is 14.8. The summed E-state index contributed by atoms with van der Waals surface area (Å²) in [7, 11) is 1.91. The highest BCUT2D eigenvalue weighted by molar-refractivity contribution is 5.81. The quantitative estimate of drug-likeness (QED) is 0.881. The molecule has 1 aliphatic heterocycles. The average molecular weight is 272 g/mol. The fourth-order valence-electron chi connectivity index (χ4n) is 2.46. The lowest BCUT2D eigenvalue weighted by Gasteiger charge is -2.30. The van der Waals surface area contributed by atoms with Crippen molar-refractivity contribution in [2.45, 2.75) is 6.92 Å². The third-order valence-electron chi connectivity index (χ3n) is 3.58. The van der Waals surface area contributed by atoms with Gasteiger partial charge in [-0.2, -0.15) is 5.26 Å². The molecule has 106 valence electrons. The van der Waals surface area contributed by atoms with Crippen LogP contribution in [0.5, 0.6) is 0 Å². The zero-order valence-electron chi connectivity index (χ0n) is 12.0. The second-order valence-electron chi connectivity index (χ2n) is 5.10. The number of benzene rings is 1. The Morgan fingerprint density at radius 1 is 1.45 bits per heavy atom. The van der Waals surface area contributed by atoms with Gasteiger partial charge in [-0.05, 0) is 30.7 Å². The number of hydrogen-bond acceptors (Lipinski definition) is 4. The molecule has 5 nitrogen and oxygen atoms in total. The summed E-state index contributed by atoms with van der Waals surface area (Å²) >= 11 is 0. The Labute approximate surface area is 119 Å². The molecular formula is C15H20N4O. The van der Waals surface area contributed by atoms with Crippen LogP contribution in [0.1, 0.15) is 11.1 Å². The molecule has 1 N–H and O–H groups in total. The lowest BCUT2D eigenvalue weighted by atomic mass is 10.1. The average Bonchev–Trinajstić information content (AvgIpc) is 2.47.